The van der Waals surface area contributed by atoms with Gasteiger partial charge in [-0.25, -0.2) is 0 Å². The standard InChI is InChI=1S/C15H19N/c1-12-6-7-15-14(10-12)8-9-16(15)11-13-4-2-3-5-13/h6-10,13H,2-5,11H2,1H3. The van der Waals surface area contributed by atoms with Crippen LogP contribution in [0.3, 0.4) is 0 Å². The van der Waals surface area contributed by atoms with Gasteiger partial charge in [0.2, 0.25) is 0 Å². The van der Waals surface area contributed by atoms with Crippen LogP contribution in [0.1, 0.15) is 31.2 Å². The minimum atomic E-state index is 0.914. The van der Waals surface area contributed by atoms with Crippen molar-refractivity contribution in [1.82, 2.24) is 4.57 Å². The van der Waals surface area contributed by atoms with Crippen molar-refractivity contribution in [1.29, 1.82) is 0 Å². The number of benzene rings is 1. The van der Waals surface area contributed by atoms with Gasteiger partial charge in [-0.2, -0.15) is 0 Å². The SMILES string of the molecule is Cc1ccc2c(ccn2CC2CCCC2)c1. The van der Waals surface area contributed by atoms with Crippen molar-refractivity contribution in [3.8, 4) is 0 Å². The molecule has 16 heavy (non-hydrogen) atoms. The third-order valence-corrected chi connectivity index (χ3v) is 3.86. The van der Waals surface area contributed by atoms with Gasteiger partial charge >= 0.3 is 0 Å². The van der Waals surface area contributed by atoms with Crippen LogP contribution in [0.25, 0.3) is 10.9 Å². The van der Waals surface area contributed by atoms with Gasteiger partial charge in [0.25, 0.3) is 0 Å². The molecule has 1 aliphatic carbocycles. The summed E-state index contributed by atoms with van der Waals surface area (Å²) in [7, 11) is 0. The van der Waals surface area contributed by atoms with E-state index in [1.165, 1.54) is 48.7 Å². The molecule has 0 N–H and O–H groups in total. The van der Waals surface area contributed by atoms with Crippen molar-refractivity contribution in [2.24, 2.45) is 5.92 Å². The summed E-state index contributed by atoms with van der Waals surface area (Å²) >= 11 is 0. The topological polar surface area (TPSA) is 4.93 Å². The highest BCUT2D eigenvalue weighted by Gasteiger charge is 2.15. The molecule has 0 atom stereocenters. The molecular weight excluding hydrogens is 194 g/mol. The Bertz CT molecular complexity index is 489. The first-order valence-corrected chi connectivity index (χ1v) is 6.38. The molecule has 1 heteroatoms. The number of hydrogen-bond donors (Lipinski definition) is 0. The Hall–Kier alpha value is -1.24. The van der Waals surface area contributed by atoms with E-state index >= 15 is 0 Å². The smallest absolute Gasteiger partial charge is 0.0480 e. The maximum Gasteiger partial charge on any atom is 0.0480 e. The van der Waals surface area contributed by atoms with E-state index in [4.69, 9.17) is 0 Å². The number of rotatable bonds is 2. The molecule has 1 aromatic heterocycles. The van der Waals surface area contributed by atoms with Gasteiger partial charge in [0, 0.05) is 18.3 Å². The first-order valence-electron chi connectivity index (χ1n) is 6.38. The highest BCUT2D eigenvalue weighted by Crippen LogP contribution is 2.28. The van der Waals surface area contributed by atoms with Gasteiger partial charge in [0.1, 0.15) is 0 Å². The van der Waals surface area contributed by atoms with Crippen LogP contribution in [0.5, 0.6) is 0 Å². The average molecular weight is 213 g/mol. The zero-order valence-electron chi connectivity index (χ0n) is 9.95. The molecule has 1 aliphatic rings. The van der Waals surface area contributed by atoms with Crippen molar-refractivity contribution < 1.29 is 0 Å². The Morgan fingerprint density at radius 2 is 2.00 bits per heavy atom. The number of aromatic nitrogens is 1. The summed E-state index contributed by atoms with van der Waals surface area (Å²) in [5.41, 5.74) is 2.75. The third-order valence-electron chi connectivity index (χ3n) is 3.86. The summed E-state index contributed by atoms with van der Waals surface area (Å²) in [6.45, 7) is 3.38. The highest BCUT2D eigenvalue weighted by atomic mass is 15.0. The monoisotopic (exact) mass is 213 g/mol. The summed E-state index contributed by atoms with van der Waals surface area (Å²) < 4.78 is 2.44. The molecule has 0 saturated heterocycles. The van der Waals surface area contributed by atoms with E-state index in [0.717, 1.165) is 5.92 Å². The second kappa shape index (κ2) is 3.97. The molecule has 0 unspecified atom stereocenters. The first-order chi connectivity index (χ1) is 7.83. The fourth-order valence-corrected chi connectivity index (χ4v) is 2.95. The summed E-state index contributed by atoms with van der Waals surface area (Å²) in [6.07, 6.45) is 7.96. The molecule has 1 saturated carbocycles. The minimum absolute atomic E-state index is 0.914. The molecule has 1 aromatic carbocycles. The Balaban J connectivity index is 1.91. The Morgan fingerprint density at radius 3 is 2.81 bits per heavy atom. The van der Waals surface area contributed by atoms with E-state index in [-0.39, 0.29) is 0 Å². The van der Waals surface area contributed by atoms with Crippen molar-refractivity contribution in [3.05, 3.63) is 36.0 Å². The molecule has 84 valence electrons. The second-order valence-electron chi connectivity index (χ2n) is 5.18. The molecule has 0 spiro atoms. The molecule has 0 aliphatic heterocycles. The summed E-state index contributed by atoms with van der Waals surface area (Å²) in [5.74, 6) is 0.914. The lowest BCUT2D eigenvalue weighted by Gasteiger charge is -2.11. The van der Waals surface area contributed by atoms with Crippen molar-refractivity contribution in [2.45, 2.75) is 39.2 Å². The zero-order chi connectivity index (χ0) is 11.0. The second-order valence-corrected chi connectivity index (χ2v) is 5.18. The molecule has 0 radical (unpaired) electrons. The maximum atomic E-state index is 2.44. The van der Waals surface area contributed by atoms with Crippen LogP contribution in [0.15, 0.2) is 30.5 Å². The van der Waals surface area contributed by atoms with Crippen LogP contribution in [0, 0.1) is 12.8 Å². The van der Waals surface area contributed by atoms with E-state index in [1.54, 1.807) is 0 Å². The largest absolute Gasteiger partial charge is 0.347 e. The van der Waals surface area contributed by atoms with Gasteiger partial charge in [-0.3, -0.25) is 0 Å². The van der Waals surface area contributed by atoms with Gasteiger partial charge in [0.15, 0.2) is 0 Å². The van der Waals surface area contributed by atoms with E-state index in [0.29, 0.717) is 0 Å². The normalized spacial score (nSPS) is 17.3. The summed E-state index contributed by atoms with van der Waals surface area (Å²) in [6, 6.07) is 9.00. The summed E-state index contributed by atoms with van der Waals surface area (Å²) in [4.78, 5) is 0. The van der Waals surface area contributed by atoms with Crippen molar-refractivity contribution in [3.63, 3.8) is 0 Å². The van der Waals surface area contributed by atoms with E-state index < -0.39 is 0 Å². The first kappa shape index (κ1) is 9.95. The number of hydrogen-bond acceptors (Lipinski definition) is 0. The molecule has 2 aromatic rings. The number of aryl methyl sites for hydroxylation is 1. The summed E-state index contributed by atoms with van der Waals surface area (Å²) in [5, 5.41) is 1.39. The zero-order valence-corrected chi connectivity index (χ0v) is 9.95. The third kappa shape index (κ3) is 1.75. The fraction of sp³-hybridized carbons (Fsp3) is 0.467. The van der Waals surface area contributed by atoms with E-state index in [9.17, 15) is 0 Å². The van der Waals surface area contributed by atoms with E-state index in [2.05, 4.69) is 42.0 Å². The van der Waals surface area contributed by atoms with Crippen LogP contribution in [-0.4, -0.2) is 4.57 Å². The van der Waals surface area contributed by atoms with Crippen LogP contribution in [0.2, 0.25) is 0 Å². The average Bonchev–Trinajstić information content (AvgIpc) is 2.89. The molecular formula is C15H19N. The Kier molecular flexibility index (Phi) is 2.47. The van der Waals surface area contributed by atoms with Crippen LogP contribution in [0.4, 0.5) is 0 Å². The molecule has 0 bridgehead atoms. The lowest BCUT2D eigenvalue weighted by molar-refractivity contribution is 0.466. The van der Waals surface area contributed by atoms with E-state index in [1.807, 2.05) is 0 Å². The molecule has 3 rings (SSSR count). The lowest BCUT2D eigenvalue weighted by Crippen LogP contribution is -2.05. The fourth-order valence-electron chi connectivity index (χ4n) is 2.95. The van der Waals surface area contributed by atoms with Gasteiger partial charge in [-0.05, 0) is 49.3 Å². The molecule has 1 nitrogen and oxygen atoms in total. The quantitative estimate of drug-likeness (QED) is 0.706. The predicted octanol–water partition coefficient (Wildman–Crippen LogP) is 4.14. The van der Waals surface area contributed by atoms with Crippen molar-refractivity contribution >= 4 is 10.9 Å². The Labute approximate surface area is 97.1 Å². The maximum absolute atomic E-state index is 2.44. The predicted molar refractivity (Wildman–Crippen MR) is 68.6 cm³/mol. The van der Waals surface area contributed by atoms with Crippen LogP contribution >= 0.6 is 0 Å². The molecule has 0 amide bonds. The van der Waals surface area contributed by atoms with Crippen LogP contribution in [-0.2, 0) is 6.54 Å². The molecule has 1 heterocycles. The van der Waals surface area contributed by atoms with Crippen LogP contribution < -0.4 is 0 Å². The van der Waals surface area contributed by atoms with Gasteiger partial charge in [0.05, 0.1) is 0 Å². The van der Waals surface area contributed by atoms with Gasteiger partial charge in [-0.1, -0.05) is 24.5 Å². The van der Waals surface area contributed by atoms with Gasteiger partial charge in [-0.15, -0.1) is 0 Å². The number of fused-ring (bicyclic) bond motifs is 1. The molecule has 1 fully saturated rings. The Morgan fingerprint density at radius 1 is 1.19 bits per heavy atom. The van der Waals surface area contributed by atoms with Crippen molar-refractivity contribution in [2.75, 3.05) is 0 Å². The highest BCUT2D eigenvalue weighted by molar-refractivity contribution is 5.80. The number of nitrogens with zero attached hydrogens (tertiary/aromatic N) is 1. The van der Waals surface area contributed by atoms with Gasteiger partial charge < -0.3 is 4.57 Å². The lowest BCUT2D eigenvalue weighted by atomic mass is 10.1. The minimum Gasteiger partial charge on any atom is -0.347 e.